The zero-order valence-electron chi connectivity index (χ0n) is 11.0. The number of aryl methyl sites for hydroxylation is 1. The number of anilines is 1. The van der Waals surface area contributed by atoms with Crippen molar-refractivity contribution in [2.75, 3.05) is 25.1 Å². The van der Waals surface area contributed by atoms with Crippen LogP contribution in [-0.2, 0) is 16.6 Å². The number of aliphatic carboxylic acids is 1. The molecule has 0 bridgehead atoms. The lowest BCUT2D eigenvalue weighted by Crippen LogP contribution is -2.47. The Morgan fingerprint density at radius 1 is 1.45 bits per heavy atom. The fourth-order valence-corrected chi connectivity index (χ4v) is 1.96. The van der Waals surface area contributed by atoms with Gasteiger partial charge in [-0.25, -0.2) is 4.79 Å². The average molecular weight is 284 g/mol. The van der Waals surface area contributed by atoms with Gasteiger partial charge in [0.2, 0.25) is 0 Å². The number of carbonyl (C=O) groups excluding carboxylic acids is 1. The summed E-state index contributed by atoms with van der Waals surface area (Å²) in [7, 11) is 1.57. The third-order valence-electron chi connectivity index (χ3n) is 3.22. The first kappa shape index (κ1) is 14.2. The molecule has 110 valence electrons. The maximum absolute atomic E-state index is 11.7. The second-order valence-corrected chi connectivity index (χ2v) is 4.61. The van der Waals surface area contributed by atoms with E-state index in [1.165, 1.54) is 4.80 Å². The molecule has 1 aliphatic rings. The van der Waals surface area contributed by atoms with Crippen molar-refractivity contribution < 1.29 is 19.4 Å². The molecule has 0 unspecified atom stereocenters. The molecule has 0 aromatic carbocycles. The maximum atomic E-state index is 11.7. The number of carboxylic acids is 1. The highest BCUT2D eigenvalue weighted by Gasteiger charge is 2.40. The molecule has 10 nitrogen and oxygen atoms in total. The molecule has 2 rings (SSSR count). The van der Waals surface area contributed by atoms with Gasteiger partial charge in [-0.2, -0.15) is 4.80 Å². The molecule has 1 saturated heterocycles. The van der Waals surface area contributed by atoms with E-state index in [9.17, 15) is 14.7 Å². The first-order chi connectivity index (χ1) is 9.52. The average Bonchev–Trinajstić information content (AvgIpc) is 2.83. The largest absolute Gasteiger partial charge is 0.481 e. The number of urea groups is 1. The molecule has 3 N–H and O–H groups in total. The minimum atomic E-state index is -0.981. The third-order valence-corrected chi connectivity index (χ3v) is 3.22. The Kier molecular flexibility index (Phi) is 4.13. The molecule has 20 heavy (non-hydrogen) atoms. The van der Waals surface area contributed by atoms with Gasteiger partial charge in [-0.1, -0.05) is 5.10 Å². The van der Waals surface area contributed by atoms with E-state index in [1.54, 1.807) is 7.05 Å². The molecule has 1 fully saturated rings. The molecule has 10 heteroatoms. The number of hydrogen-bond acceptors (Lipinski definition) is 6. The van der Waals surface area contributed by atoms with Gasteiger partial charge in [-0.05, 0) is 18.1 Å². The van der Waals surface area contributed by atoms with Crippen LogP contribution >= 0.6 is 0 Å². The van der Waals surface area contributed by atoms with Crippen LogP contribution in [0.3, 0.4) is 0 Å². The van der Waals surface area contributed by atoms with Gasteiger partial charge in [-0.15, -0.1) is 5.10 Å². The van der Waals surface area contributed by atoms with E-state index >= 15 is 0 Å². The van der Waals surface area contributed by atoms with E-state index in [0.29, 0.717) is 26.1 Å². The van der Waals surface area contributed by atoms with E-state index < -0.39 is 17.4 Å². The van der Waals surface area contributed by atoms with Crippen LogP contribution in [0.25, 0.3) is 0 Å². The molecule has 0 saturated carbocycles. The summed E-state index contributed by atoms with van der Waals surface area (Å²) in [4.78, 5) is 24.3. The van der Waals surface area contributed by atoms with Crippen molar-refractivity contribution in [2.45, 2.75) is 12.8 Å². The topological polar surface area (TPSA) is 131 Å². The lowest BCUT2D eigenvalue weighted by atomic mass is 9.80. The summed E-state index contributed by atoms with van der Waals surface area (Å²) in [5.74, 6) is -0.875. The number of hydrogen-bond donors (Lipinski definition) is 3. The van der Waals surface area contributed by atoms with Crippen molar-refractivity contribution in [1.29, 1.82) is 0 Å². The van der Waals surface area contributed by atoms with Crippen molar-refractivity contribution in [3.05, 3.63) is 0 Å². The summed E-state index contributed by atoms with van der Waals surface area (Å²) < 4.78 is 5.16. The number of aromatic nitrogens is 4. The Hall–Kier alpha value is -2.23. The molecule has 0 aliphatic carbocycles. The zero-order chi connectivity index (χ0) is 14.6. The van der Waals surface area contributed by atoms with Gasteiger partial charge in [0, 0.05) is 19.8 Å². The highest BCUT2D eigenvalue weighted by molar-refractivity contribution is 5.87. The number of nitrogens with zero attached hydrogens (tertiary/aromatic N) is 4. The maximum Gasteiger partial charge on any atom is 0.321 e. The summed E-state index contributed by atoms with van der Waals surface area (Å²) in [6.45, 7) is 0.778. The fourth-order valence-electron chi connectivity index (χ4n) is 1.96. The minimum absolute atomic E-state index is 0.0256. The predicted octanol–water partition coefficient (Wildman–Crippen LogP) is -0.787. The number of carbonyl (C=O) groups is 2. The molecule has 2 amide bonds. The Labute approximate surface area is 114 Å². The third kappa shape index (κ3) is 3.20. The van der Waals surface area contributed by atoms with Crippen molar-refractivity contribution >= 4 is 17.9 Å². The van der Waals surface area contributed by atoms with Crippen LogP contribution in [0.15, 0.2) is 0 Å². The van der Waals surface area contributed by atoms with Gasteiger partial charge in [-0.3, -0.25) is 10.1 Å². The Morgan fingerprint density at radius 3 is 2.70 bits per heavy atom. The van der Waals surface area contributed by atoms with Gasteiger partial charge in [0.15, 0.2) is 0 Å². The first-order valence-corrected chi connectivity index (χ1v) is 6.12. The van der Waals surface area contributed by atoms with E-state index in [4.69, 9.17) is 4.74 Å². The Morgan fingerprint density at radius 2 is 2.15 bits per heavy atom. The van der Waals surface area contributed by atoms with Gasteiger partial charge >= 0.3 is 12.0 Å². The smallest absolute Gasteiger partial charge is 0.321 e. The van der Waals surface area contributed by atoms with Crippen molar-refractivity contribution in [3.63, 3.8) is 0 Å². The molecular weight excluding hydrogens is 268 g/mol. The number of rotatable bonds is 4. The van der Waals surface area contributed by atoms with Gasteiger partial charge in [0.25, 0.3) is 5.95 Å². The number of nitrogens with one attached hydrogen (secondary N) is 2. The molecule has 1 aliphatic heterocycles. The second-order valence-electron chi connectivity index (χ2n) is 4.61. The van der Waals surface area contributed by atoms with E-state index in [0.717, 1.165) is 0 Å². The van der Waals surface area contributed by atoms with Crippen LogP contribution < -0.4 is 10.6 Å². The van der Waals surface area contributed by atoms with Crippen molar-refractivity contribution in [2.24, 2.45) is 12.5 Å². The molecule has 2 heterocycles. The quantitative estimate of drug-likeness (QED) is 0.660. The molecular formula is C10H16N6O4. The monoisotopic (exact) mass is 284 g/mol. The normalized spacial score (nSPS) is 17.4. The minimum Gasteiger partial charge on any atom is -0.481 e. The van der Waals surface area contributed by atoms with Crippen LogP contribution in [0.4, 0.5) is 10.7 Å². The Balaban J connectivity index is 1.89. The SMILES string of the molecule is Cn1nnc(NC(=O)NCC2(C(=O)O)CCOCC2)n1. The summed E-state index contributed by atoms with van der Waals surface area (Å²) in [5, 5.41) is 25.2. The van der Waals surface area contributed by atoms with Crippen LogP contribution in [0.2, 0.25) is 0 Å². The predicted molar refractivity (Wildman–Crippen MR) is 65.9 cm³/mol. The van der Waals surface area contributed by atoms with E-state index in [2.05, 4.69) is 26.0 Å². The van der Waals surface area contributed by atoms with Gasteiger partial charge < -0.3 is 15.2 Å². The fraction of sp³-hybridized carbons (Fsp3) is 0.700. The second kappa shape index (κ2) is 5.82. The highest BCUT2D eigenvalue weighted by Crippen LogP contribution is 2.30. The van der Waals surface area contributed by atoms with Gasteiger partial charge in [0.1, 0.15) is 0 Å². The molecule has 0 spiro atoms. The van der Waals surface area contributed by atoms with E-state index in [1.807, 2.05) is 0 Å². The number of tetrazole rings is 1. The molecule has 0 atom stereocenters. The molecule has 1 aromatic rings. The summed E-state index contributed by atoms with van der Waals surface area (Å²) in [5.41, 5.74) is -0.981. The first-order valence-electron chi connectivity index (χ1n) is 6.12. The van der Waals surface area contributed by atoms with Gasteiger partial charge in [0.05, 0.1) is 12.5 Å². The highest BCUT2D eigenvalue weighted by atomic mass is 16.5. The van der Waals surface area contributed by atoms with Crippen molar-refractivity contribution in [3.8, 4) is 0 Å². The van der Waals surface area contributed by atoms with Crippen molar-refractivity contribution in [1.82, 2.24) is 25.5 Å². The summed E-state index contributed by atoms with van der Waals surface area (Å²) >= 11 is 0. The Bertz CT molecular complexity index is 496. The van der Waals surface area contributed by atoms with Crippen LogP contribution in [0.5, 0.6) is 0 Å². The zero-order valence-corrected chi connectivity index (χ0v) is 11.0. The molecule has 0 radical (unpaired) electrons. The summed E-state index contributed by atoms with van der Waals surface area (Å²) in [6, 6.07) is -0.565. The van der Waals surface area contributed by atoms with Crippen LogP contribution in [-0.4, -0.2) is 57.1 Å². The lowest BCUT2D eigenvalue weighted by Gasteiger charge is -2.32. The number of ether oxygens (including phenoxy) is 1. The standard InChI is InChI=1S/C10H16N6O4/c1-16-14-8(13-15-16)12-9(19)11-6-10(7(17)18)2-4-20-5-3-10/h2-6H2,1H3,(H,17,18)(H2,11,12,14,19). The van der Waals surface area contributed by atoms with Crippen LogP contribution in [0.1, 0.15) is 12.8 Å². The van der Waals surface area contributed by atoms with Crippen LogP contribution in [0, 0.1) is 5.41 Å². The lowest BCUT2D eigenvalue weighted by molar-refractivity contribution is -0.154. The summed E-state index contributed by atoms with van der Waals surface area (Å²) in [6.07, 6.45) is 0.734. The number of amides is 2. The van der Waals surface area contributed by atoms with E-state index in [-0.39, 0.29) is 12.5 Å². The molecule has 1 aromatic heterocycles. The number of carboxylic acid groups (broad SMARTS) is 1.